The Morgan fingerprint density at radius 1 is 1.17 bits per heavy atom. The number of aryl methyl sites for hydroxylation is 2. The van der Waals surface area contributed by atoms with Gasteiger partial charge in [-0.25, -0.2) is 9.38 Å². The van der Waals surface area contributed by atoms with Crippen molar-refractivity contribution in [3.8, 4) is 0 Å². The first-order chi connectivity index (χ1) is 10.9. The van der Waals surface area contributed by atoms with E-state index in [0.29, 0.717) is 0 Å². The molecule has 122 valence electrons. The molecule has 0 atom stereocenters. The second-order valence-corrected chi connectivity index (χ2v) is 6.22. The Labute approximate surface area is 142 Å². The Morgan fingerprint density at radius 3 is 2.57 bits per heavy atom. The molecule has 0 spiro atoms. The number of benzene rings is 2. The molecule has 0 aliphatic carbocycles. The minimum atomic E-state index is -0.381. The number of hydrogen-bond acceptors (Lipinski definition) is 1. The van der Waals surface area contributed by atoms with Crippen molar-refractivity contribution in [2.24, 2.45) is 4.99 Å². The van der Waals surface area contributed by atoms with E-state index in [1.165, 1.54) is 17.2 Å². The van der Waals surface area contributed by atoms with Crippen LogP contribution in [0.4, 0.5) is 10.1 Å². The molecule has 4 heteroatoms. The van der Waals surface area contributed by atoms with E-state index in [1.54, 1.807) is 12.1 Å². The highest BCUT2D eigenvalue weighted by molar-refractivity contribution is 6.30. The highest BCUT2D eigenvalue weighted by Gasteiger charge is 2.07. The molecule has 2 nitrogen and oxygen atoms in total. The summed E-state index contributed by atoms with van der Waals surface area (Å²) in [5.41, 5.74) is 5.47. The van der Waals surface area contributed by atoms with E-state index in [2.05, 4.69) is 37.9 Å². The van der Waals surface area contributed by atoms with Crippen LogP contribution >= 0.6 is 11.6 Å². The molecular formula is C19H22ClFN2. The maximum Gasteiger partial charge on any atom is 0.141 e. The number of rotatable bonds is 5. The molecule has 0 aliphatic rings. The SMILES string of the molecule is CCN(C)C=Nc1cc(C)c(Cc2ccc(F)c(Cl)c2)cc1C. The van der Waals surface area contributed by atoms with Crippen molar-refractivity contribution in [3.05, 3.63) is 63.4 Å². The average Bonchev–Trinajstić information content (AvgIpc) is 2.52. The van der Waals surface area contributed by atoms with Gasteiger partial charge in [-0.2, -0.15) is 0 Å². The zero-order valence-corrected chi connectivity index (χ0v) is 14.8. The van der Waals surface area contributed by atoms with Crippen molar-refractivity contribution in [1.82, 2.24) is 4.90 Å². The fraction of sp³-hybridized carbons (Fsp3) is 0.316. The molecule has 0 radical (unpaired) electrons. The molecule has 0 amide bonds. The summed E-state index contributed by atoms with van der Waals surface area (Å²) < 4.78 is 13.3. The molecule has 0 unspecified atom stereocenters. The summed E-state index contributed by atoms with van der Waals surface area (Å²) in [6.45, 7) is 7.13. The van der Waals surface area contributed by atoms with Gasteiger partial charge in [0.1, 0.15) is 5.82 Å². The smallest absolute Gasteiger partial charge is 0.141 e. The van der Waals surface area contributed by atoms with Crippen molar-refractivity contribution in [2.45, 2.75) is 27.2 Å². The average molecular weight is 333 g/mol. The van der Waals surface area contributed by atoms with Crippen LogP contribution < -0.4 is 0 Å². The lowest BCUT2D eigenvalue weighted by Gasteiger charge is -2.12. The summed E-state index contributed by atoms with van der Waals surface area (Å²) in [5, 5.41) is 0.167. The number of nitrogens with zero attached hydrogens (tertiary/aromatic N) is 2. The molecule has 2 rings (SSSR count). The van der Waals surface area contributed by atoms with E-state index in [9.17, 15) is 4.39 Å². The largest absolute Gasteiger partial charge is 0.366 e. The highest BCUT2D eigenvalue weighted by atomic mass is 35.5. The van der Waals surface area contributed by atoms with Gasteiger partial charge in [0.25, 0.3) is 0 Å². The van der Waals surface area contributed by atoms with Crippen molar-refractivity contribution in [2.75, 3.05) is 13.6 Å². The van der Waals surface area contributed by atoms with Gasteiger partial charge in [-0.15, -0.1) is 0 Å². The Morgan fingerprint density at radius 2 is 1.91 bits per heavy atom. The topological polar surface area (TPSA) is 15.6 Å². The van der Waals surface area contributed by atoms with Crippen molar-refractivity contribution in [3.63, 3.8) is 0 Å². The molecule has 2 aromatic rings. The standard InChI is InChI=1S/C19H22ClFN2/c1-5-23(4)12-22-19-9-13(2)16(8-14(19)3)10-15-6-7-18(21)17(20)11-15/h6-9,11-12H,5,10H2,1-4H3. The molecule has 0 saturated heterocycles. The molecule has 0 saturated carbocycles. The van der Waals surface area contributed by atoms with Crippen LogP contribution in [0.1, 0.15) is 29.2 Å². The van der Waals surface area contributed by atoms with Gasteiger partial charge in [-0.05, 0) is 67.6 Å². The van der Waals surface area contributed by atoms with Crippen LogP contribution in [0.2, 0.25) is 5.02 Å². The van der Waals surface area contributed by atoms with Crippen LogP contribution in [0.25, 0.3) is 0 Å². The van der Waals surface area contributed by atoms with E-state index in [1.807, 2.05) is 18.3 Å². The fourth-order valence-corrected chi connectivity index (χ4v) is 2.51. The predicted octanol–water partition coefficient (Wildman–Crippen LogP) is 5.30. The quantitative estimate of drug-likeness (QED) is 0.536. The first-order valence-corrected chi connectivity index (χ1v) is 8.07. The molecular weight excluding hydrogens is 311 g/mol. The van der Waals surface area contributed by atoms with Gasteiger partial charge in [0.2, 0.25) is 0 Å². The third kappa shape index (κ3) is 4.55. The first-order valence-electron chi connectivity index (χ1n) is 7.69. The summed E-state index contributed by atoms with van der Waals surface area (Å²) in [4.78, 5) is 6.57. The minimum absolute atomic E-state index is 0.167. The predicted molar refractivity (Wildman–Crippen MR) is 96.6 cm³/mol. The molecule has 0 bridgehead atoms. The fourth-order valence-electron chi connectivity index (χ4n) is 2.30. The maximum atomic E-state index is 13.3. The number of hydrogen-bond donors (Lipinski definition) is 0. The summed E-state index contributed by atoms with van der Waals surface area (Å²) in [5.74, 6) is -0.381. The molecule has 0 aliphatic heterocycles. The second-order valence-electron chi connectivity index (χ2n) is 5.81. The summed E-state index contributed by atoms with van der Waals surface area (Å²) in [6, 6.07) is 9.12. The third-order valence-corrected chi connectivity index (χ3v) is 4.22. The van der Waals surface area contributed by atoms with Gasteiger partial charge >= 0.3 is 0 Å². The lowest BCUT2D eigenvalue weighted by molar-refractivity contribution is 0.552. The Hall–Kier alpha value is -1.87. The number of halogens is 2. The van der Waals surface area contributed by atoms with Crippen LogP contribution in [0.5, 0.6) is 0 Å². The third-order valence-electron chi connectivity index (χ3n) is 3.93. The minimum Gasteiger partial charge on any atom is -0.366 e. The van der Waals surface area contributed by atoms with Crippen LogP contribution in [-0.4, -0.2) is 24.8 Å². The van der Waals surface area contributed by atoms with E-state index in [-0.39, 0.29) is 10.8 Å². The van der Waals surface area contributed by atoms with Crippen LogP contribution in [0, 0.1) is 19.7 Å². The van der Waals surface area contributed by atoms with E-state index < -0.39 is 0 Å². The zero-order chi connectivity index (χ0) is 17.0. The lowest BCUT2D eigenvalue weighted by atomic mass is 9.97. The first kappa shape index (κ1) is 17.5. The van der Waals surface area contributed by atoms with Gasteiger partial charge in [0.05, 0.1) is 17.0 Å². The van der Waals surface area contributed by atoms with Crippen molar-refractivity contribution >= 4 is 23.6 Å². The van der Waals surface area contributed by atoms with Gasteiger partial charge in [0, 0.05) is 13.6 Å². The molecule has 0 heterocycles. The maximum absolute atomic E-state index is 13.3. The van der Waals surface area contributed by atoms with Crippen molar-refractivity contribution < 1.29 is 4.39 Å². The summed E-state index contributed by atoms with van der Waals surface area (Å²) in [6.07, 6.45) is 2.58. The summed E-state index contributed by atoms with van der Waals surface area (Å²) in [7, 11) is 2.00. The molecule has 23 heavy (non-hydrogen) atoms. The zero-order valence-electron chi connectivity index (χ0n) is 14.0. The lowest BCUT2D eigenvalue weighted by Crippen LogP contribution is -2.14. The van der Waals surface area contributed by atoms with Gasteiger partial charge < -0.3 is 4.90 Å². The molecule has 2 aromatic carbocycles. The monoisotopic (exact) mass is 332 g/mol. The second kappa shape index (κ2) is 7.60. The molecule has 0 fully saturated rings. The van der Waals surface area contributed by atoms with Crippen LogP contribution in [0.15, 0.2) is 35.3 Å². The van der Waals surface area contributed by atoms with Crippen LogP contribution in [-0.2, 0) is 6.42 Å². The van der Waals surface area contributed by atoms with E-state index >= 15 is 0 Å². The van der Waals surface area contributed by atoms with Crippen LogP contribution in [0.3, 0.4) is 0 Å². The Balaban J connectivity index is 2.25. The van der Waals surface area contributed by atoms with Crippen molar-refractivity contribution in [1.29, 1.82) is 0 Å². The Bertz CT molecular complexity index is 726. The van der Waals surface area contributed by atoms with Gasteiger partial charge in [0.15, 0.2) is 0 Å². The van der Waals surface area contributed by atoms with E-state index in [0.717, 1.165) is 29.8 Å². The van der Waals surface area contributed by atoms with Gasteiger partial charge in [-0.1, -0.05) is 23.7 Å². The molecule has 0 aromatic heterocycles. The van der Waals surface area contributed by atoms with Gasteiger partial charge in [-0.3, -0.25) is 0 Å². The summed E-state index contributed by atoms with van der Waals surface area (Å²) >= 11 is 5.86. The Kier molecular flexibility index (Phi) is 5.78. The number of aliphatic imine (C=N–C) groups is 1. The van der Waals surface area contributed by atoms with E-state index in [4.69, 9.17) is 11.6 Å². The highest BCUT2D eigenvalue weighted by Crippen LogP contribution is 2.26. The molecule has 0 N–H and O–H groups in total. The normalized spacial score (nSPS) is 11.2.